The van der Waals surface area contributed by atoms with E-state index in [0.717, 1.165) is 11.1 Å². The fourth-order valence-electron chi connectivity index (χ4n) is 4.79. The number of fused-ring (bicyclic) bond motifs is 1. The van der Waals surface area contributed by atoms with Gasteiger partial charge in [0, 0.05) is 20.1 Å². The second kappa shape index (κ2) is 10.6. The summed E-state index contributed by atoms with van der Waals surface area (Å²) < 4.78 is 26.6. The highest BCUT2D eigenvalue weighted by Gasteiger charge is 2.50. The number of nitrogens with zero attached hydrogens (tertiary/aromatic N) is 4. The summed E-state index contributed by atoms with van der Waals surface area (Å²) in [5, 5.41) is 5.88. The van der Waals surface area contributed by atoms with Crippen LogP contribution in [0.3, 0.4) is 0 Å². The van der Waals surface area contributed by atoms with Gasteiger partial charge in [0.05, 0.1) is 13.1 Å². The maximum absolute atomic E-state index is 13.5. The number of hydrogen-bond acceptors (Lipinski definition) is 4. The molecule has 0 aromatic heterocycles. The van der Waals surface area contributed by atoms with Crippen molar-refractivity contribution in [1.82, 2.24) is 25.1 Å². The van der Waals surface area contributed by atoms with Crippen molar-refractivity contribution in [1.29, 1.82) is 0 Å². The molecule has 8 nitrogen and oxygen atoms in total. The fourth-order valence-corrected chi connectivity index (χ4v) is 4.79. The second-order valence-electron chi connectivity index (χ2n) is 9.72. The van der Waals surface area contributed by atoms with Gasteiger partial charge in [-0.3, -0.25) is 9.59 Å². The van der Waals surface area contributed by atoms with E-state index in [1.807, 2.05) is 13.8 Å². The minimum absolute atomic E-state index is 0.0414. The molecule has 4 amide bonds. The molecule has 192 valence electrons. The molecule has 0 unspecified atom stereocenters. The van der Waals surface area contributed by atoms with E-state index in [1.54, 1.807) is 46.1 Å². The molecule has 0 spiro atoms. The van der Waals surface area contributed by atoms with Crippen LogP contribution in [0.5, 0.6) is 0 Å². The van der Waals surface area contributed by atoms with Gasteiger partial charge in [-0.15, -0.1) is 0 Å². The molecule has 0 bridgehead atoms. The van der Waals surface area contributed by atoms with E-state index in [0.29, 0.717) is 6.42 Å². The predicted octanol–water partition coefficient (Wildman–Crippen LogP) is 2.95. The third kappa shape index (κ3) is 5.48. The molecule has 2 heterocycles. The van der Waals surface area contributed by atoms with Crippen LogP contribution in [0.25, 0.3) is 0 Å². The quantitative estimate of drug-likeness (QED) is 0.663. The molecular weight excluding hydrogens is 468 g/mol. The van der Waals surface area contributed by atoms with E-state index in [4.69, 9.17) is 0 Å². The molecule has 10 heteroatoms. The number of carbonyl (C=O) groups is 3. The molecule has 1 N–H and O–H groups in total. The van der Waals surface area contributed by atoms with E-state index in [9.17, 15) is 23.2 Å². The number of piperazine rings is 1. The lowest BCUT2D eigenvalue weighted by molar-refractivity contribution is -0.188. The van der Waals surface area contributed by atoms with E-state index in [2.05, 4.69) is 5.32 Å². The number of likely N-dealkylation sites (N-methyl/N-ethyl adjacent to an activating group) is 1. The summed E-state index contributed by atoms with van der Waals surface area (Å²) in [6.07, 6.45) is -0.248. The van der Waals surface area contributed by atoms with Gasteiger partial charge in [0.25, 0.3) is 0 Å². The molecule has 2 fully saturated rings. The molecular formula is C26H31F2N5O3. The van der Waals surface area contributed by atoms with Crippen molar-refractivity contribution in [2.45, 2.75) is 45.6 Å². The standard InChI is InChI=1S/C26H31F2N5O3/c1-17(2)12-22-25(35)31(14-19-6-10-21(28)11-7-19)15-23-32(22)24(34)16-30(3)33(23)26(36)29-13-18-4-8-20(27)9-5-18/h4-11,17,22-23H,12-16H2,1-3H3,(H,29,36)/t22-,23-/m0/s1. The Balaban J connectivity index is 1.60. The van der Waals surface area contributed by atoms with Crippen LogP contribution in [-0.2, 0) is 22.7 Å². The number of halogens is 2. The molecule has 0 aliphatic carbocycles. The van der Waals surface area contributed by atoms with Gasteiger partial charge in [-0.2, -0.15) is 0 Å². The third-order valence-corrected chi connectivity index (χ3v) is 6.49. The number of hydrogen-bond donors (Lipinski definition) is 1. The Morgan fingerprint density at radius 3 is 2.17 bits per heavy atom. The van der Waals surface area contributed by atoms with E-state index in [-0.39, 0.29) is 55.5 Å². The molecule has 0 saturated carbocycles. The minimum atomic E-state index is -0.710. The van der Waals surface area contributed by atoms with Crippen molar-refractivity contribution in [3.63, 3.8) is 0 Å². The Labute approximate surface area is 209 Å². The number of carbonyl (C=O) groups excluding carboxylic acids is 3. The van der Waals surface area contributed by atoms with Gasteiger partial charge in [-0.25, -0.2) is 23.6 Å². The number of amides is 4. The number of benzene rings is 2. The molecule has 2 aromatic carbocycles. The van der Waals surface area contributed by atoms with Crippen molar-refractivity contribution >= 4 is 17.8 Å². The number of hydrazine groups is 1. The minimum Gasteiger partial charge on any atom is -0.333 e. The lowest BCUT2D eigenvalue weighted by atomic mass is 9.96. The highest BCUT2D eigenvalue weighted by atomic mass is 19.1. The first kappa shape index (κ1) is 25.6. The first-order valence-electron chi connectivity index (χ1n) is 12.0. The second-order valence-corrected chi connectivity index (χ2v) is 9.72. The number of rotatable bonds is 6. The van der Waals surface area contributed by atoms with Crippen LogP contribution in [0.4, 0.5) is 13.6 Å². The van der Waals surface area contributed by atoms with Gasteiger partial charge < -0.3 is 15.1 Å². The summed E-state index contributed by atoms with van der Waals surface area (Å²) in [6.45, 7) is 4.45. The number of nitrogens with one attached hydrogen (secondary N) is 1. The molecule has 2 atom stereocenters. The molecule has 0 radical (unpaired) electrons. The normalized spacial score (nSPS) is 20.7. The van der Waals surface area contributed by atoms with Crippen LogP contribution in [-0.4, -0.2) is 70.0 Å². The largest absolute Gasteiger partial charge is 0.334 e. The zero-order valence-electron chi connectivity index (χ0n) is 20.7. The van der Waals surface area contributed by atoms with Crippen molar-refractivity contribution in [3.8, 4) is 0 Å². The van der Waals surface area contributed by atoms with Gasteiger partial charge in [-0.05, 0) is 47.7 Å². The van der Waals surface area contributed by atoms with Crippen molar-refractivity contribution in [2.75, 3.05) is 20.1 Å². The fraction of sp³-hybridized carbons (Fsp3) is 0.423. The van der Waals surface area contributed by atoms with Crippen LogP contribution in [0.2, 0.25) is 0 Å². The van der Waals surface area contributed by atoms with Crippen molar-refractivity contribution in [3.05, 3.63) is 71.3 Å². The molecule has 2 aliphatic rings. The van der Waals surface area contributed by atoms with E-state index < -0.39 is 18.2 Å². The number of urea groups is 1. The Kier molecular flexibility index (Phi) is 7.53. The lowest BCUT2D eigenvalue weighted by Crippen LogP contribution is -2.75. The maximum atomic E-state index is 13.5. The van der Waals surface area contributed by atoms with Gasteiger partial charge in [0.15, 0.2) is 0 Å². The van der Waals surface area contributed by atoms with Crippen LogP contribution in [0, 0.1) is 17.6 Å². The van der Waals surface area contributed by atoms with Crippen LogP contribution in [0.15, 0.2) is 48.5 Å². The molecule has 2 aromatic rings. The maximum Gasteiger partial charge on any atom is 0.334 e. The summed E-state index contributed by atoms with van der Waals surface area (Å²) in [7, 11) is 1.66. The van der Waals surface area contributed by atoms with Crippen LogP contribution in [0.1, 0.15) is 31.4 Å². The summed E-state index contributed by atoms with van der Waals surface area (Å²) >= 11 is 0. The van der Waals surface area contributed by atoms with Crippen molar-refractivity contribution in [2.24, 2.45) is 5.92 Å². The Morgan fingerprint density at radius 2 is 1.58 bits per heavy atom. The summed E-state index contributed by atoms with van der Waals surface area (Å²) in [6, 6.07) is 10.6. The Morgan fingerprint density at radius 1 is 1.00 bits per heavy atom. The molecule has 36 heavy (non-hydrogen) atoms. The topological polar surface area (TPSA) is 76.2 Å². The third-order valence-electron chi connectivity index (χ3n) is 6.49. The summed E-state index contributed by atoms with van der Waals surface area (Å²) in [5.74, 6) is -0.992. The molecule has 2 saturated heterocycles. The Bertz CT molecular complexity index is 1110. The van der Waals surface area contributed by atoms with E-state index in [1.165, 1.54) is 29.3 Å². The van der Waals surface area contributed by atoms with Gasteiger partial charge >= 0.3 is 6.03 Å². The van der Waals surface area contributed by atoms with Crippen LogP contribution >= 0.6 is 0 Å². The average molecular weight is 500 g/mol. The van der Waals surface area contributed by atoms with Crippen LogP contribution < -0.4 is 5.32 Å². The highest BCUT2D eigenvalue weighted by Crippen LogP contribution is 2.29. The zero-order valence-corrected chi connectivity index (χ0v) is 20.7. The van der Waals surface area contributed by atoms with Gasteiger partial charge in [-0.1, -0.05) is 38.1 Å². The monoisotopic (exact) mass is 499 g/mol. The molecule has 4 rings (SSSR count). The first-order chi connectivity index (χ1) is 17.1. The molecule has 2 aliphatic heterocycles. The highest BCUT2D eigenvalue weighted by molar-refractivity contribution is 5.91. The average Bonchev–Trinajstić information content (AvgIpc) is 2.82. The van der Waals surface area contributed by atoms with Crippen molar-refractivity contribution < 1.29 is 23.2 Å². The zero-order chi connectivity index (χ0) is 26.0. The predicted molar refractivity (Wildman–Crippen MR) is 129 cm³/mol. The summed E-state index contributed by atoms with van der Waals surface area (Å²) in [5.41, 5.74) is 1.48. The van der Waals surface area contributed by atoms with Gasteiger partial charge in [0.1, 0.15) is 23.8 Å². The lowest BCUT2D eigenvalue weighted by Gasteiger charge is -2.54. The van der Waals surface area contributed by atoms with Gasteiger partial charge in [0.2, 0.25) is 11.8 Å². The summed E-state index contributed by atoms with van der Waals surface area (Å²) in [4.78, 5) is 43.2. The van der Waals surface area contributed by atoms with E-state index >= 15 is 0 Å². The SMILES string of the molecule is CC(C)C[C@H]1C(=O)N(Cc2ccc(F)cc2)C[C@H]2N1C(=O)CN(C)N2C(=O)NCc1ccc(F)cc1. The Hall–Kier alpha value is -3.53. The smallest absolute Gasteiger partial charge is 0.333 e. The first-order valence-corrected chi connectivity index (χ1v) is 12.0.